The van der Waals surface area contributed by atoms with Crippen LogP contribution in [0.4, 0.5) is 10.9 Å². The van der Waals surface area contributed by atoms with Crippen LogP contribution in [0.5, 0.6) is 0 Å². The third-order valence-corrected chi connectivity index (χ3v) is 8.54. The molecule has 2 N–H and O–H groups in total. The van der Waals surface area contributed by atoms with E-state index in [4.69, 9.17) is 0 Å². The fourth-order valence-electron chi connectivity index (χ4n) is 3.58. The number of carbonyl (C=O) groups is 1. The summed E-state index contributed by atoms with van der Waals surface area (Å²) in [5.41, 5.74) is 1.52. The number of nitrogens with zero attached hydrogens (tertiary/aromatic N) is 3. The van der Waals surface area contributed by atoms with E-state index in [0.717, 1.165) is 11.1 Å². The lowest BCUT2D eigenvalue weighted by molar-refractivity contribution is -0.122. The lowest BCUT2D eigenvalue weighted by Crippen LogP contribution is -2.40. The van der Waals surface area contributed by atoms with Crippen LogP contribution >= 0.6 is 11.3 Å². The lowest BCUT2D eigenvalue weighted by atomic mass is 9.78. The third-order valence-electron chi connectivity index (χ3n) is 5.83. The van der Waals surface area contributed by atoms with E-state index >= 15 is 0 Å². The van der Waals surface area contributed by atoms with Crippen molar-refractivity contribution in [2.75, 3.05) is 10.0 Å². The van der Waals surface area contributed by atoms with Crippen molar-refractivity contribution in [3.63, 3.8) is 0 Å². The Morgan fingerprint density at radius 2 is 1.91 bits per heavy atom. The second kappa shape index (κ2) is 8.95. The molecular weight excluding hydrogens is 446 g/mol. The molecule has 1 amide bonds. The van der Waals surface area contributed by atoms with E-state index in [0.29, 0.717) is 42.3 Å². The molecule has 0 radical (unpaired) electrons. The van der Waals surface area contributed by atoms with Gasteiger partial charge in [-0.25, -0.2) is 18.4 Å². The van der Waals surface area contributed by atoms with Crippen molar-refractivity contribution in [3.05, 3.63) is 53.9 Å². The molecule has 3 aromatic heterocycles. The monoisotopic (exact) mass is 471 g/mol. The van der Waals surface area contributed by atoms with Gasteiger partial charge in [-0.3, -0.25) is 14.5 Å². The number of aromatic nitrogens is 3. The van der Waals surface area contributed by atoms with Gasteiger partial charge in [0.05, 0.1) is 16.4 Å². The number of nitrogens with one attached hydrogen (secondary N) is 2. The Labute approximate surface area is 191 Å². The Hall–Kier alpha value is -2.85. The van der Waals surface area contributed by atoms with E-state index in [9.17, 15) is 13.2 Å². The fourth-order valence-corrected chi connectivity index (χ4v) is 5.99. The van der Waals surface area contributed by atoms with E-state index in [-0.39, 0.29) is 11.2 Å². The molecule has 1 fully saturated rings. The lowest BCUT2D eigenvalue weighted by Gasteiger charge is -2.28. The van der Waals surface area contributed by atoms with Crippen LogP contribution in [-0.4, -0.2) is 34.5 Å². The summed E-state index contributed by atoms with van der Waals surface area (Å²) in [6, 6.07) is 7.44. The molecule has 0 spiro atoms. The highest BCUT2D eigenvalue weighted by Crippen LogP contribution is 2.36. The summed E-state index contributed by atoms with van der Waals surface area (Å²) in [6.07, 6.45) is 7.54. The van der Waals surface area contributed by atoms with Crippen LogP contribution in [-0.2, 0) is 20.2 Å². The predicted molar refractivity (Wildman–Crippen MR) is 126 cm³/mol. The molecule has 0 saturated heterocycles. The minimum Gasteiger partial charge on any atom is -0.310 e. The average molecular weight is 472 g/mol. The molecule has 1 aliphatic rings. The predicted octanol–water partition coefficient (Wildman–Crippen LogP) is 4.20. The molecule has 0 atom stereocenters. The number of carbonyl (C=O) groups excluding carboxylic acids is 1. The van der Waals surface area contributed by atoms with Crippen LogP contribution in [0, 0.1) is 0 Å². The number of hydrogen-bond donors (Lipinski definition) is 2. The topological polar surface area (TPSA) is 114 Å². The maximum absolute atomic E-state index is 13.3. The highest BCUT2D eigenvalue weighted by Gasteiger charge is 2.40. The first-order valence-electron chi connectivity index (χ1n) is 10.5. The van der Waals surface area contributed by atoms with Crippen molar-refractivity contribution < 1.29 is 13.2 Å². The second-order valence-electron chi connectivity index (χ2n) is 7.80. The maximum atomic E-state index is 13.3. The smallest absolute Gasteiger partial charge is 0.237 e. The number of thiazole rings is 1. The van der Waals surface area contributed by atoms with Gasteiger partial charge in [-0.05, 0) is 43.9 Å². The molecule has 10 heteroatoms. The summed E-state index contributed by atoms with van der Waals surface area (Å²) < 4.78 is 27.0. The second-order valence-corrected chi connectivity index (χ2v) is 10.6. The Bertz CT molecular complexity index is 1190. The number of anilines is 2. The summed E-state index contributed by atoms with van der Waals surface area (Å²) in [4.78, 5) is 26.3. The Morgan fingerprint density at radius 3 is 2.50 bits per heavy atom. The van der Waals surface area contributed by atoms with Gasteiger partial charge in [-0.2, -0.15) is 0 Å². The number of pyridine rings is 2. The standard InChI is InChI=1S/C22H25N5O3S2/c1-3-22(4-2,18-14-31-21(25-18)27-32(29,30)17-8-9-17)20(28)26-19-10-7-16(13-24-19)15-6-5-11-23-12-15/h5-7,10-14,17H,3-4,8-9H2,1-2H3,(H,25,27)(H,24,26,28). The van der Waals surface area contributed by atoms with Gasteiger partial charge in [-0.15, -0.1) is 11.3 Å². The Kier molecular flexibility index (Phi) is 6.25. The first-order chi connectivity index (χ1) is 15.4. The Morgan fingerprint density at radius 1 is 1.16 bits per heavy atom. The van der Waals surface area contributed by atoms with Crippen LogP contribution < -0.4 is 10.0 Å². The summed E-state index contributed by atoms with van der Waals surface area (Å²) in [5, 5.41) is 4.63. The minimum atomic E-state index is -3.40. The molecule has 0 aromatic carbocycles. The molecule has 3 aromatic rings. The summed E-state index contributed by atoms with van der Waals surface area (Å²) in [6.45, 7) is 3.85. The van der Waals surface area contributed by atoms with Gasteiger partial charge in [-0.1, -0.05) is 19.9 Å². The maximum Gasteiger partial charge on any atom is 0.237 e. The highest BCUT2D eigenvalue weighted by molar-refractivity contribution is 7.93. The summed E-state index contributed by atoms with van der Waals surface area (Å²) >= 11 is 1.20. The van der Waals surface area contributed by atoms with Crippen molar-refractivity contribution in [3.8, 4) is 11.1 Å². The normalized spacial score (nSPS) is 14.2. The van der Waals surface area contributed by atoms with Gasteiger partial charge in [0.1, 0.15) is 5.82 Å². The minimum absolute atomic E-state index is 0.217. The highest BCUT2D eigenvalue weighted by atomic mass is 32.2. The number of rotatable bonds is 9. The number of amides is 1. The first-order valence-corrected chi connectivity index (χ1v) is 13.0. The van der Waals surface area contributed by atoms with Crippen molar-refractivity contribution in [1.29, 1.82) is 0 Å². The van der Waals surface area contributed by atoms with Crippen LogP contribution in [0.15, 0.2) is 48.2 Å². The van der Waals surface area contributed by atoms with Gasteiger partial charge < -0.3 is 5.32 Å². The molecular formula is C22H25N5O3S2. The van der Waals surface area contributed by atoms with Crippen LogP contribution in [0.2, 0.25) is 0 Å². The SMILES string of the molecule is CCC(CC)(C(=O)Nc1ccc(-c2cccnc2)cn1)c1csc(NS(=O)(=O)C2CC2)n1. The molecule has 168 valence electrons. The number of sulfonamides is 1. The van der Waals surface area contributed by atoms with Crippen molar-refractivity contribution in [2.24, 2.45) is 0 Å². The molecule has 1 saturated carbocycles. The molecule has 0 aliphatic heterocycles. The zero-order valence-electron chi connectivity index (χ0n) is 17.9. The molecule has 0 bridgehead atoms. The Balaban J connectivity index is 1.52. The molecule has 8 nitrogen and oxygen atoms in total. The van der Waals surface area contributed by atoms with E-state index < -0.39 is 15.4 Å². The third kappa shape index (κ3) is 4.51. The molecule has 1 aliphatic carbocycles. The summed E-state index contributed by atoms with van der Waals surface area (Å²) in [7, 11) is -3.40. The molecule has 0 unspecified atom stereocenters. The van der Waals surface area contributed by atoms with Gasteiger partial charge >= 0.3 is 0 Å². The van der Waals surface area contributed by atoms with E-state index in [2.05, 4.69) is 25.0 Å². The van der Waals surface area contributed by atoms with Crippen molar-refractivity contribution in [2.45, 2.75) is 50.2 Å². The fraction of sp³-hybridized carbons (Fsp3) is 0.364. The molecule has 4 rings (SSSR count). The zero-order chi connectivity index (χ0) is 22.8. The quantitative estimate of drug-likeness (QED) is 0.483. The summed E-state index contributed by atoms with van der Waals surface area (Å²) in [5.74, 6) is 0.227. The molecule has 3 heterocycles. The first kappa shape index (κ1) is 22.3. The van der Waals surface area contributed by atoms with Gasteiger partial charge in [0.25, 0.3) is 0 Å². The van der Waals surface area contributed by atoms with Crippen LogP contribution in [0.3, 0.4) is 0 Å². The van der Waals surface area contributed by atoms with E-state index in [1.165, 1.54) is 11.3 Å². The van der Waals surface area contributed by atoms with Crippen molar-refractivity contribution in [1.82, 2.24) is 15.0 Å². The zero-order valence-corrected chi connectivity index (χ0v) is 19.5. The van der Waals surface area contributed by atoms with Gasteiger partial charge in [0.15, 0.2) is 5.13 Å². The van der Waals surface area contributed by atoms with E-state index in [1.54, 1.807) is 30.0 Å². The van der Waals surface area contributed by atoms with Gasteiger partial charge in [0, 0.05) is 35.1 Å². The largest absolute Gasteiger partial charge is 0.310 e. The van der Waals surface area contributed by atoms with Crippen LogP contribution in [0.1, 0.15) is 45.2 Å². The van der Waals surface area contributed by atoms with Crippen LogP contribution in [0.25, 0.3) is 11.1 Å². The van der Waals surface area contributed by atoms with E-state index in [1.807, 2.05) is 32.0 Å². The van der Waals surface area contributed by atoms with Gasteiger partial charge in [0.2, 0.25) is 15.9 Å². The average Bonchev–Trinajstić information content (AvgIpc) is 3.58. The molecule has 32 heavy (non-hydrogen) atoms. The van der Waals surface area contributed by atoms with Crippen molar-refractivity contribution >= 4 is 38.2 Å². The number of hydrogen-bond acceptors (Lipinski definition) is 7.